The van der Waals surface area contributed by atoms with Crippen LogP contribution in [-0.2, 0) is 4.79 Å². The second-order valence-corrected chi connectivity index (χ2v) is 6.50. The summed E-state index contributed by atoms with van der Waals surface area (Å²) in [5.74, 6) is 2.18. The number of amides is 1. The lowest BCUT2D eigenvalue weighted by atomic mass is 9.82. The van der Waals surface area contributed by atoms with Crippen molar-refractivity contribution in [3.63, 3.8) is 0 Å². The van der Waals surface area contributed by atoms with Gasteiger partial charge < -0.3 is 11.1 Å². The van der Waals surface area contributed by atoms with E-state index >= 15 is 0 Å². The minimum absolute atomic E-state index is 0. The fourth-order valence-corrected chi connectivity index (χ4v) is 3.63. The van der Waals surface area contributed by atoms with Crippen LogP contribution in [-0.4, -0.2) is 18.5 Å². The van der Waals surface area contributed by atoms with Crippen LogP contribution >= 0.6 is 12.4 Å². The lowest BCUT2D eigenvalue weighted by Gasteiger charge is -2.27. The van der Waals surface area contributed by atoms with Gasteiger partial charge in [0.1, 0.15) is 0 Å². The molecule has 3 nitrogen and oxygen atoms in total. The Balaban J connectivity index is 0.00000180. The van der Waals surface area contributed by atoms with Gasteiger partial charge in [0.15, 0.2) is 0 Å². The molecule has 0 bridgehead atoms. The summed E-state index contributed by atoms with van der Waals surface area (Å²) in [6.45, 7) is 3.21. The molecule has 0 saturated heterocycles. The number of carbonyl (C=O) groups is 1. The molecule has 112 valence electrons. The third-order valence-corrected chi connectivity index (χ3v) is 4.80. The molecule has 0 spiro atoms. The molecule has 0 aromatic rings. The van der Waals surface area contributed by atoms with Gasteiger partial charge in [-0.15, -0.1) is 12.4 Å². The van der Waals surface area contributed by atoms with Crippen molar-refractivity contribution in [2.45, 2.75) is 64.3 Å². The number of nitrogens with two attached hydrogens (primary N) is 1. The van der Waals surface area contributed by atoms with E-state index in [9.17, 15) is 4.79 Å². The zero-order valence-electron chi connectivity index (χ0n) is 12.1. The van der Waals surface area contributed by atoms with Crippen LogP contribution in [0.1, 0.15) is 58.3 Å². The Morgan fingerprint density at radius 2 is 1.95 bits per heavy atom. The van der Waals surface area contributed by atoms with Gasteiger partial charge in [-0.3, -0.25) is 4.79 Å². The highest BCUT2D eigenvalue weighted by molar-refractivity contribution is 5.85. The van der Waals surface area contributed by atoms with E-state index < -0.39 is 0 Å². The Hall–Kier alpha value is -0.280. The molecule has 0 aliphatic heterocycles. The molecule has 4 atom stereocenters. The van der Waals surface area contributed by atoms with Crippen LogP contribution in [0.15, 0.2) is 0 Å². The van der Waals surface area contributed by atoms with Gasteiger partial charge in [0, 0.05) is 19.0 Å². The van der Waals surface area contributed by atoms with E-state index in [1.165, 1.54) is 32.1 Å². The number of rotatable bonds is 4. The molecule has 2 aliphatic carbocycles. The summed E-state index contributed by atoms with van der Waals surface area (Å²) >= 11 is 0. The molecular weight excluding hydrogens is 260 g/mol. The molecule has 19 heavy (non-hydrogen) atoms. The van der Waals surface area contributed by atoms with Crippen molar-refractivity contribution in [1.29, 1.82) is 0 Å². The van der Waals surface area contributed by atoms with Gasteiger partial charge in [0.2, 0.25) is 5.91 Å². The summed E-state index contributed by atoms with van der Waals surface area (Å²) in [7, 11) is 0. The van der Waals surface area contributed by atoms with Crippen molar-refractivity contribution in [2.75, 3.05) is 6.54 Å². The second-order valence-electron chi connectivity index (χ2n) is 6.50. The Kier molecular flexibility index (Phi) is 7.16. The van der Waals surface area contributed by atoms with Gasteiger partial charge in [-0.1, -0.05) is 26.2 Å². The number of carbonyl (C=O) groups excluding carboxylic acids is 1. The van der Waals surface area contributed by atoms with Crippen molar-refractivity contribution in [1.82, 2.24) is 5.32 Å². The molecule has 0 radical (unpaired) electrons. The normalized spacial score (nSPS) is 34.6. The van der Waals surface area contributed by atoms with Crippen LogP contribution in [0.3, 0.4) is 0 Å². The van der Waals surface area contributed by atoms with Crippen molar-refractivity contribution in [3.05, 3.63) is 0 Å². The summed E-state index contributed by atoms with van der Waals surface area (Å²) in [6.07, 6.45) is 9.32. The van der Waals surface area contributed by atoms with Gasteiger partial charge in [-0.25, -0.2) is 0 Å². The van der Waals surface area contributed by atoms with Crippen molar-refractivity contribution < 1.29 is 4.79 Å². The fraction of sp³-hybridized carbons (Fsp3) is 0.933. The van der Waals surface area contributed by atoms with Gasteiger partial charge in [-0.2, -0.15) is 0 Å². The molecular formula is C15H29ClN2O. The van der Waals surface area contributed by atoms with Crippen LogP contribution in [0, 0.1) is 17.8 Å². The average Bonchev–Trinajstić information content (AvgIpc) is 2.73. The largest absolute Gasteiger partial charge is 0.356 e. The molecule has 0 aromatic heterocycles. The van der Waals surface area contributed by atoms with Gasteiger partial charge in [0.25, 0.3) is 0 Å². The van der Waals surface area contributed by atoms with Crippen LogP contribution in [0.25, 0.3) is 0 Å². The maximum Gasteiger partial charge on any atom is 0.220 e. The topological polar surface area (TPSA) is 55.1 Å². The minimum Gasteiger partial charge on any atom is -0.356 e. The van der Waals surface area contributed by atoms with E-state index in [-0.39, 0.29) is 24.4 Å². The first-order valence-corrected chi connectivity index (χ1v) is 7.67. The Labute approximate surface area is 123 Å². The van der Waals surface area contributed by atoms with E-state index in [0.29, 0.717) is 18.3 Å². The van der Waals surface area contributed by atoms with Gasteiger partial charge >= 0.3 is 0 Å². The van der Waals surface area contributed by atoms with E-state index in [1.807, 2.05) is 0 Å². The van der Waals surface area contributed by atoms with Crippen LogP contribution in [0.4, 0.5) is 0 Å². The molecule has 2 unspecified atom stereocenters. The molecule has 3 N–H and O–H groups in total. The molecule has 0 heterocycles. The quantitative estimate of drug-likeness (QED) is 0.836. The third-order valence-electron chi connectivity index (χ3n) is 4.80. The summed E-state index contributed by atoms with van der Waals surface area (Å²) in [4.78, 5) is 11.9. The monoisotopic (exact) mass is 288 g/mol. The summed E-state index contributed by atoms with van der Waals surface area (Å²) in [5, 5.41) is 3.13. The third kappa shape index (κ3) is 5.31. The minimum atomic E-state index is 0. The predicted octanol–water partition coefficient (Wildman–Crippen LogP) is 2.87. The smallest absolute Gasteiger partial charge is 0.220 e. The maximum absolute atomic E-state index is 11.9. The summed E-state index contributed by atoms with van der Waals surface area (Å²) in [6, 6.07) is 0.255. The Morgan fingerprint density at radius 1 is 1.21 bits per heavy atom. The number of halogens is 1. The second kappa shape index (κ2) is 8.11. The summed E-state index contributed by atoms with van der Waals surface area (Å²) in [5.41, 5.74) is 6.00. The van der Waals surface area contributed by atoms with Crippen molar-refractivity contribution in [3.8, 4) is 0 Å². The van der Waals surface area contributed by atoms with Gasteiger partial charge in [0.05, 0.1) is 0 Å². The zero-order valence-corrected chi connectivity index (χ0v) is 12.9. The Morgan fingerprint density at radius 3 is 2.58 bits per heavy atom. The zero-order chi connectivity index (χ0) is 13.0. The first-order chi connectivity index (χ1) is 8.65. The Bertz CT molecular complexity index is 285. The van der Waals surface area contributed by atoms with Crippen LogP contribution in [0.5, 0.6) is 0 Å². The number of nitrogens with one attached hydrogen (secondary N) is 1. The molecule has 2 fully saturated rings. The average molecular weight is 289 g/mol. The van der Waals surface area contributed by atoms with E-state index in [1.54, 1.807) is 0 Å². The highest BCUT2D eigenvalue weighted by Crippen LogP contribution is 2.29. The van der Waals surface area contributed by atoms with E-state index in [2.05, 4.69) is 12.2 Å². The lowest BCUT2D eigenvalue weighted by molar-refractivity contribution is -0.122. The van der Waals surface area contributed by atoms with Crippen LogP contribution in [0.2, 0.25) is 0 Å². The molecule has 4 heteroatoms. The number of hydrogen-bond donors (Lipinski definition) is 2. The number of hydrogen-bond acceptors (Lipinski definition) is 2. The highest BCUT2D eigenvalue weighted by atomic mass is 35.5. The van der Waals surface area contributed by atoms with Gasteiger partial charge in [-0.05, 0) is 43.4 Å². The van der Waals surface area contributed by atoms with Crippen LogP contribution < -0.4 is 11.1 Å². The first-order valence-electron chi connectivity index (χ1n) is 7.67. The molecule has 2 rings (SSSR count). The molecule has 1 amide bonds. The maximum atomic E-state index is 11.9. The lowest BCUT2D eigenvalue weighted by Crippen LogP contribution is -2.35. The van der Waals surface area contributed by atoms with E-state index in [0.717, 1.165) is 25.3 Å². The fourth-order valence-electron chi connectivity index (χ4n) is 3.63. The predicted molar refractivity (Wildman–Crippen MR) is 81.3 cm³/mol. The van der Waals surface area contributed by atoms with Crippen molar-refractivity contribution in [2.24, 2.45) is 23.5 Å². The van der Waals surface area contributed by atoms with E-state index in [4.69, 9.17) is 5.73 Å². The summed E-state index contributed by atoms with van der Waals surface area (Å²) < 4.78 is 0. The highest BCUT2D eigenvalue weighted by Gasteiger charge is 2.26. The SMILES string of the molecule is CC1CCCC(CNC(=O)C[C@@H]2CCC[C@H]2N)C1.Cl. The first kappa shape index (κ1) is 16.8. The molecule has 2 aliphatic rings. The standard InChI is InChI=1S/C15H28N2O.ClH/c1-11-4-2-5-12(8-11)10-17-15(18)9-13-6-3-7-14(13)16;/h11-14H,2-10,16H2,1H3,(H,17,18);1H/t11?,12?,13-,14+;/m0./s1. The van der Waals surface area contributed by atoms with Crippen molar-refractivity contribution >= 4 is 18.3 Å². The molecule has 2 saturated carbocycles. The molecule has 0 aromatic carbocycles.